The van der Waals surface area contributed by atoms with Crippen molar-refractivity contribution < 1.29 is 38.7 Å². The molecular weight excluding hydrogens is 343 g/mol. The molecule has 1 aromatic heterocycles. The van der Waals surface area contributed by atoms with Gasteiger partial charge in [0.1, 0.15) is 11.7 Å². The van der Waals surface area contributed by atoms with Gasteiger partial charge in [-0.15, -0.1) is 10.2 Å². The third-order valence-corrected chi connectivity index (χ3v) is 2.37. The number of halogens is 2. The number of benzene rings is 1. The number of nitriles is 1. The van der Waals surface area contributed by atoms with Crippen LogP contribution in [0.25, 0.3) is 11.0 Å². The molecule has 100 valence electrons. The van der Waals surface area contributed by atoms with Crippen LogP contribution >= 0.6 is 15.9 Å². The summed E-state index contributed by atoms with van der Waals surface area (Å²) >= 11 is 3.33. The SMILES string of the molecule is N#Cc1cc2ccc(Br)cc2oc1=[NH2+].[O-][Cl+3]([O-])([O-])[O-]. The lowest BCUT2D eigenvalue weighted by atomic mass is 10.2. The lowest BCUT2D eigenvalue weighted by Crippen LogP contribution is -2.68. The van der Waals surface area contributed by atoms with Gasteiger partial charge in [-0.25, -0.2) is 24.0 Å². The summed E-state index contributed by atoms with van der Waals surface area (Å²) in [4.78, 5) is 0. The van der Waals surface area contributed by atoms with E-state index in [-0.39, 0.29) is 5.55 Å². The zero-order valence-electron chi connectivity index (χ0n) is 9.13. The van der Waals surface area contributed by atoms with Gasteiger partial charge in [-0.1, -0.05) is 22.0 Å². The third kappa shape index (κ3) is 5.35. The van der Waals surface area contributed by atoms with Crippen molar-refractivity contribution in [3.05, 3.63) is 39.9 Å². The van der Waals surface area contributed by atoms with E-state index in [9.17, 15) is 0 Å². The molecule has 0 radical (unpaired) electrons. The minimum atomic E-state index is -4.94. The van der Waals surface area contributed by atoms with Crippen molar-refractivity contribution in [2.24, 2.45) is 0 Å². The predicted octanol–water partition coefficient (Wildman–Crippen LogP) is -4.03. The standard InChI is InChI=1S/C10H5BrN2O.ClHO4/c11-8-2-1-6-3-7(5-12)10(13)14-9(6)4-8;2-1(3,4)5/h1-4,13H;(H,2,3,4,5). The van der Waals surface area contributed by atoms with Gasteiger partial charge in [0.15, 0.2) is 5.56 Å². The van der Waals surface area contributed by atoms with Crippen molar-refractivity contribution in [1.29, 1.82) is 5.26 Å². The summed E-state index contributed by atoms with van der Waals surface area (Å²) in [5.74, 6) is 0. The summed E-state index contributed by atoms with van der Waals surface area (Å²) in [5, 5.41) is 15.1. The summed E-state index contributed by atoms with van der Waals surface area (Å²) in [6.07, 6.45) is 0. The van der Waals surface area contributed by atoms with Crippen LogP contribution < -0.4 is 29.6 Å². The maximum absolute atomic E-state index is 8.73. The average molecular weight is 350 g/mol. The molecule has 0 aliphatic carbocycles. The van der Waals surface area contributed by atoms with Gasteiger partial charge in [0.2, 0.25) is 0 Å². The zero-order chi connectivity index (χ0) is 14.6. The fraction of sp³-hybridized carbons (Fsp3) is 0. The van der Waals surface area contributed by atoms with Crippen molar-refractivity contribution in [3.8, 4) is 6.07 Å². The van der Waals surface area contributed by atoms with Gasteiger partial charge < -0.3 is 4.42 Å². The van der Waals surface area contributed by atoms with Crippen molar-refractivity contribution in [1.82, 2.24) is 0 Å². The van der Waals surface area contributed by atoms with Crippen LogP contribution in [0, 0.1) is 21.6 Å². The molecule has 2 N–H and O–H groups in total. The summed E-state index contributed by atoms with van der Waals surface area (Å²) in [5.41, 5.74) is 1.17. The Hall–Kier alpha value is -1.47. The van der Waals surface area contributed by atoms with Crippen molar-refractivity contribution in [3.63, 3.8) is 0 Å². The van der Waals surface area contributed by atoms with Gasteiger partial charge in [-0.2, -0.15) is 5.26 Å². The van der Waals surface area contributed by atoms with Gasteiger partial charge in [-0.3, -0.25) is 0 Å². The van der Waals surface area contributed by atoms with E-state index in [1.165, 1.54) is 0 Å². The molecule has 1 aromatic carbocycles. The minimum absolute atomic E-state index is 0.151. The number of hydrogen-bond acceptors (Lipinski definition) is 6. The summed E-state index contributed by atoms with van der Waals surface area (Å²) in [6.45, 7) is 0. The molecule has 2 aromatic rings. The molecular formula is C10H6BrClN2O5. The van der Waals surface area contributed by atoms with E-state index in [4.69, 9.17) is 33.7 Å². The Balaban J connectivity index is 0.000000312. The van der Waals surface area contributed by atoms with Crippen LogP contribution in [0.2, 0.25) is 0 Å². The molecule has 0 bridgehead atoms. The molecule has 0 spiro atoms. The first-order valence-electron chi connectivity index (χ1n) is 4.54. The summed E-state index contributed by atoms with van der Waals surface area (Å²) in [7, 11) is -4.94. The quantitative estimate of drug-likeness (QED) is 0.510. The van der Waals surface area contributed by atoms with E-state index in [1.54, 1.807) is 6.07 Å². The molecule has 0 fully saturated rings. The third-order valence-electron chi connectivity index (χ3n) is 1.88. The van der Waals surface area contributed by atoms with E-state index >= 15 is 0 Å². The van der Waals surface area contributed by atoms with Crippen LogP contribution in [-0.4, -0.2) is 0 Å². The Bertz CT molecular complexity index is 683. The average Bonchev–Trinajstić information content (AvgIpc) is 2.25. The lowest BCUT2D eigenvalue weighted by Gasteiger charge is -2.17. The second kappa shape index (κ2) is 6.12. The first-order valence-corrected chi connectivity index (χ1v) is 6.57. The van der Waals surface area contributed by atoms with E-state index in [0.29, 0.717) is 11.1 Å². The van der Waals surface area contributed by atoms with Crippen LogP contribution in [0.1, 0.15) is 5.56 Å². The maximum atomic E-state index is 8.73. The molecule has 0 amide bonds. The van der Waals surface area contributed by atoms with E-state index in [2.05, 4.69) is 15.9 Å². The Morgan fingerprint density at radius 3 is 2.32 bits per heavy atom. The highest BCUT2D eigenvalue weighted by Crippen LogP contribution is 2.18. The summed E-state index contributed by atoms with van der Waals surface area (Å²) < 4.78 is 40.2. The van der Waals surface area contributed by atoms with Gasteiger partial charge >= 0.3 is 5.55 Å². The van der Waals surface area contributed by atoms with Crippen LogP contribution in [0.15, 0.2) is 33.2 Å². The molecule has 2 rings (SSSR count). The van der Waals surface area contributed by atoms with Crippen LogP contribution in [0.4, 0.5) is 0 Å². The molecule has 0 aliphatic rings. The second-order valence-electron chi connectivity index (χ2n) is 3.20. The Morgan fingerprint density at radius 1 is 1.21 bits per heavy atom. The highest BCUT2D eigenvalue weighted by atomic mass is 79.9. The van der Waals surface area contributed by atoms with Crippen molar-refractivity contribution >= 4 is 26.9 Å². The van der Waals surface area contributed by atoms with E-state index in [0.717, 1.165) is 9.86 Å². The molecule has 0 saturated carbocycles. The highest BCUT2D eigenvalue weighted by molar-refractivity contribution is 9.10. The molecule has 7 nitrogen and oxygen atoms in total. The first kappa shape index (κ1) is 15.6. The fourth-order valence-electron chi connectivity index (χ4n) is 1.20. The molecule has 0 atom stereocenters. The Labute approximate surface area is 117 Å². The van der Waals surface area contributed by atoms with E-state index in [1.807, 2.05) is 24.3 Å². The number of rotatable bonds is 0. The van der Waals surface area contributed by atoms with Crippen LogP contribution in [0.5, 0.6) is 0 Å². The van der Waals surface area contributed by atoms with Gasteiger partial charge in [0.25, 0.3) is 0 Å². The zero-order valence-corrected chi connectivity index (χ0v) is 11.5. The molecule has 0 saturated heterocycles. The Kier molecular flexibility index (Phi) is 5.02. The smallest absolute Gasteiger partial charge is 0.383 e. The summed E-state index contributed by atoms with van der Waals surface area (Å²) in [6, 6.07) is 9.24. The topological polar surface area (TPSA) is 155 Å². The van der Waals surface area contributed by atoms with E-state index < -0.39 is 10.2 Å². The second-order valence-corrected chi connectivity index (χ2v) is 4.87. The van der Waals surface area contributed by atoms with Gasteiger partial charge in [0.05, 0.1) is 0 Å². The monoisotopic (exact) mass is 348 g/mol. The molecule has 0 aliphatic heterocycles. The first-order chi connectivity index (χ1) is 8.70. The highest BCUT2D eigenvalue weighted by Gasteiger charge is 2.05. The number of nitrogens with two attached hydrogens (primary N) is 1. The predicted molar refractivity (Wildman–Crippen MR) is 53.7 cm³/mol. The van der Waals surface area contributed by atoms with Gasteiger partial charge in [-0.05, 0) is 18.2 Å². The lowest BCUT2D eigenvalue weighted by molar-refractivity contribution is -2.00. The van der Waals surface area contributed by atoms with Crippen molar-refractivity contribution in [2.45, 2.75) is 0 Å². The Morgan fingerprint density at radius 2 is 1.79 bits per heavy atom. The number of hydrogen-bond donors (Lipinski definition) is 1. The molecule has 9 heteroatoms. The normalized spacial score (nSPS) is 10.5. The maximum Gasteiger partial charge on any atom is 0.383 e. The molecule has 0 unspecified atom stereocenters. The molecule has 1 heterocycles. The minimum Gasteiger partial charge on any atom is -0.404 e. The fourth-order valence-corrected chi connectivity index (χ4v) is 1.54. The van der Waals surface area contributed by atoms with Gasteiger partial charge in [0, 0.05) is 9.86 Å². The van der Waals surface area contributed by atoms with Crippen LogP contribution in [-0.2, 0) is 0 Å². The number of fused-ring (bicyclic) bond motifs is 1. The van der Waals surface area contributed by atoms with Crippen LogP contribution in [0.3, 0.4) is 0 Å². The number of nitrogens with zero attached hydrogens (tertiary/aromatic N) is 1. The largest absolute Gasteiger partial charge is 0.404 e. The molecule has 19 heavy (non-hydrogen) atoms. The van der Waals surface area contributed by atoms with Crippen molar-refractivity contribution in [2.75, 3.05) is 0 Å².